The number of phenols is 2. The largest absolute Gasteiger partial charge is 2.00 e. The summed E-state index contributed by atoms with van der Waals surface area (Å²) in [5, 5.41) is 17.3. The fraction of sp³-hybridized carbons (Fsp3) is 0. The Labute approximate surface area is 83.1 Å². The Kier molecular flexibility index (Phi) is 4.02. The van der Waals surface area contributed by atoms with Crippen molar-refractivity contribution in [1.29, 1.82) is 0 Å². The second-order valence-electron chi connectivity index (χ2n) is 1.52. The third-order valence-electron chi connectivity index (χ3n) is 0.850. The molecular weight excluding hydrogens is 144 g/mol. The molecule has 0 atom stereocenters. The molecule has 0 aliphatic carbocycles. The van der Waals surface area contributed by atoms with Gasteiger partial charge in [0.2, 0.25) is 0 Å². The summed E-state index contributed by atoms with van der Waals surface area (Å²) in [4.78, 5) is 0. The van der Waals surface area contributed by atoms with Gasteiger partial charge in [-0.2, -0.15) is 0 Å². The average molecular weight is 150 g/mol. The molecule has 9 heavy (non-hydrogen) atoms. The molecule has 0 aromatic heterocycles. The Balaban J connectivity index is 0.000000640. The van der Waals surface area contributed by atoms with Gasteiger partial charge in [0.25, 0.3) is 0 Å². The first-order chi connectivity index (χ1) is 3.79. The van der Waals surface area contributed by atoms with E-state index in [2.05, 4.69) is 0 Å². The van der Waals surface area contributed by atoms with E-state index in [9.17, 15) is 0 Å². The van der Waals surface area contributed by atoms with Crippen LogP contribution >= 0.6 is 0 Å². The maximum atomic E-state index is 8.65. The second-order valence-corrected chi connectivity index (χ2v) is 1.52. The zero-order chi connectivity index (χ0) is 5.98. The van der Waals surface area contributed by atoms with Gasteiger partial charge < -0.3 is 10.2 Å². The van der Waals surface area contributed by atoms with Crippen molar-refractivity contribution < 1.29 is 10.2 Å². The van der Waals surface area contributed by atoms with Crippen LogP contribution in [-0.4, -0.2) is 48.0 Å². The Hall–Kier alpha value is 0.0797. The molecule has 0 aliphatic heterocycles. The van der Waals surface area contributed by atoms with Gasteiger partial charge in [0.05, 0.1) is 0 Å². The van der Waals surface area contributed by atoms with Crippen molar-refractivity contribution in [2.45, 2.75) is 0 Å². The molecule has 0 saturated carbocycles. The van der Waals surface area contributed by atoms with Gasteiger partial charge in [-0.3, -0.25) is 0 Å². The van der Waals surface area contributed by atoms with E-state index in [0.717, 1.165) is 0 Å². The fourth-order valence-corrected chi connectivity index (χ4v) is 0.453. The molecule has 3 heteroatoms. The van der Waals surface area contributed by atoms with E-state index in [1.165, 1.54) is 24.3 Å². The van der Waals surface area contributed by atoms with Crippen molar-refractivity contribution in [3.63, 3.8) is 0 Å². The Morgan fingerprint density at radius 1 is 0.778 bits per heavy atom. The predicted octanol–water partition coefficient (Wildman–Crippen LogP) is 0.717. The van der Waals surface area contributed by atoms with Crippen LogP contribution in [0, 0.1) is 0 Å². The minimum atomic E-state index is 0. The number of rotatable bonds is 0. The van der Waals surface area contributed by atoms with E-state index in [0.29, 0.717) is 0 Å². The topological polar surface area (TPSA) is 40.5 Å². The van der Waals surface area contributed by atoms with E-state index < -0.39 is 0 Å². The van der Waals surface area contributed by atoms with Crippen molar-refractivity contribution in [3.05, 3.63) is 24.3 Å². The number of benzene rings is 1. The molecule has 0 radical (unpaired) electrons. The SMILES string of the molecule is Oc1ccc(O)cc1.[Ca+2]. The van der Waals surface area contributed by atoms with Crippen LogP contribution in [0.3, 0.4) is 0 Å². The average Bonchev–Trinajstić information content (AvgIpc) is 1.77. The van der Waals surface area contributed by atoms with Crippen molar-refractivity contribution in [1.82, 2.24) is 0 Å². The van der Waals surface area contributed by atoms with E-state index in [4.69, 9.17) is 10.2 Å². The monoisotopic (exact) mass is 150 g/mol. The Bertz CT molecular complexity index is 150. The molecule has 0 aliphatic rings. The van der Waals surface area contributed by atoms with Gasteiger partial charge >= 0.3 is 37.7 Å². The quantitative estimate of drug-likeness (QED) is 0.422. The smallest absolute Gasteiger partial charge is 0.508 e. The van der Waals surface area contributed by atoms with E-state index in [1.54, 1.807) is 0 Å². The van der Waals surface area contributed by atoms with Crippen molar-refractivity contribution in [2.24, 2.45) is 0 Å². The molecule has 0 saturated heterocycles. The summed E-state index contributed by atoms with van der Waals surface area (Å²) in [7, 11) is 0. The molecule has 0 bridgehead atoms. The molecule has 1 aromatic carbocycles. The molecule has 42 valence electrons. The van der Waals surface area contributed by atoms with Gasteiger partial charge in [-0.25, -0.2) is 0 Å². The molecule has 2 nitrogen and oxygen atoms in total. The van der Waals surface area contributed by atoms with Crippen LogP contribution in [0.25, 0.3) is 0 Å². The van der Waals surface area contributed by atoms with Crippen molar-refractivity contribution >= 4 is 37.7 Å². The molecule has 0 heterocycles. The van der Waals surface area contributed by atoms with Crippen LogP contribution in [0.2, 0.25) is 0 Å². The van der Waals surface area contributed by atoms with Crippen LogP contribution in [0.15, 0.2) is 24.3 Å². The molecule has 1 rings (SSSR count). The molecule has 0 fully saturated rings. The van der Waals surface area contributed by atoms with Crippen molar-refractivity contribution in [2.75, 3.05) is 0 Å². The molecule has 1 aromatic rings. The van der Waals surface area contributed by atoms with Crippen LogP contribution in [0.5, 0.6) is 11.5 Å². The first-order valence-corrected chi connectivity index (χ1v) is 2.27. The first kappa shape index (κ1) is 9.08. The Morgan fingerprint density at radius 3 is 1.22 bits per heavy atom. The zero-order valence-electron chi connectivity index (χ0n) is 4.91. The third kappa shape index (κ3) is 2.94. The second kappa shape index (κ2) is 3.99. The Morgan fingerprint density at radius 2 is 1.00 bits per heavy atom. The number of hydrogen-bond donors (Lipinski definition) is 2. The molecular formula is C6H6CaO2+2. The van der Waals surface area contributed by atoms with Crippen LogP contribution in [0.4, 0.5) is 0 Å². The number of phenolic OH excluding ortho intramolecular Hbond substituents is 2. The van der Waals surface area contributed by atoms with Gasteiger partial charge in [0, 0.05) is 0 Å². The summed E-state index contributed by atoms with van der Waals surface area (Å²) in [5.41, 5.74) is 0. The summed E-state index contributed by atoms with van der Waals surface area (Å²) in [5.74, 6) is 0.339. The zero-order valence-corrected chi connectivity index (χ0v) is 7.12. The summed E-state index contributed by atoms with van der Waals surface area (Å²) in [6.45, 7) is 0. The van der Waals surface area contributed by atoms with Crippen molar-refractivity contribution in [3.8, 4) is 11.5 Å². The first-order valence-electron chi connectivity index (χ1n) is 2.27. The summed E-state index contributed by atoms with van der Waals surface area (Å²) in [6.07, 6.45) is 0. The third-order valence-corrected chi connectivity index (χ3v) is 0.850. The van der Waals surface area contributed by atoms with E-state index in [-0.39, 0.29) is 49.2 Å². The van der Waals surface area contributed by atoms with Gasteiger partial charge in [-0.1, -0.05) is 0 Å². The maximum absolute atomic E-state index is 8.65. The number of hydrogen-bond acceptors (Lipinski definition) is 2. The summed E-state index contributed by atoms with van der Waals surface area (Å²) in [6, 6.07) is 5.70. The van der Waals surface area contributed by atoms with Gasteiger partial charge in [0.1, 0.15) is 11.5 Å². The number of aromatic hydroxyl groups is 2. The van der Waals surface area contributed by atoms with Crippen LogP contribution in [0.1, 0.15) is 0 Å². The van der Waals surface area contributed by atoms with E-state index >= 15 is 0 Å². The standard InChI is InChI=1S/C6H6O2.Ca/c7-5-1-2-6(8)4-3-5;/h1-4,7-8H;/q;+2. The molecule has 0 unspecified atom stereocenters. The molecule has 2 N–H and O–H groups in total. The fourth-order valence-electron chi connectivity index (χ4n) is 0.453. The molecule has 0 amide bonds. The van der Waals surface area contributed by atoms with Gasteiger partial charge in [0.15, 0.2) is 0 Å². The molecule has 0 spiro atoms. The maximum Gasteiger partial charge on any atom is 2.00 e. The minimum Gasteiger partial charge on any atom is -0.508 e. The van der Waals surface area contributed by atoms with Crippen LogP contribution in [-0.2, 0) is 0 Å². The minimum absolute atomic E-state index is 0. The predicted molar refractivity (Wildman–Crippen MR) is 35.5 cm³/mol. The van der Waals surface area contributed by atoms with Crippen LogP contribution < -0.4 is 0 Å². The summed E-state index contributed by atoms with van der Waals surface area (Å²) < 4.78 is 0. The summed E-state index contributed by atoms with van der Waals surface area (Å²) >= 11 is 0. The van der Waals surface area contributed by atoms with E-state index in [1.807, 2.05) is 0 Å². The normalized spacial score (nSPS) is 8.00. The van der Waals surface area contributed by atoms with Gasteiger partial charge in [-0.15, -0.1) is 0 Å². The van der Waals surface area contributed by atoms with Gasteiger partial charge in [-0.05, 0) is 24.3 Å².